The highest BCUT2D eigenvalue weighted by Crippen LogP contribution is 2.42. The second-order valence-corrected chi connectivity index (χ2v) is 5.52. The molecule has 1 aliphatic rings. The summed E-state index contributed by atoms with van der Waals surface area (Å²) in [6.07, 6.45) is -0.00183. The fourth-order valence-electron chi connectivity index (χ4n) is 2.68. The lowest BCUT2D eigenvalue weighted by molar-refractivity contribution is -0.0437. The number of hydrogen-bond donors (Lipinski definition) is 2. The fraction of sp³-hybridized carbons (Fsp3) is 0.250. The molecular weight excluding hydrogens is 274 g/mol. The Morgan fingerprint density at radius 1 is 1.20 bits per heavy atom. The van der Waals surface area contributed by atoms with Crippen LogP contribution in [0.1, 0.15) is 17.2 Å². The van der Waals surface area contributed by atoms with Crippen molar-refractivity contribution in [1.29, 1.82) is 0 Å². The van der Waals surface area contributed by atoms with Crippen molar-refractivity contribution in [2.45, 2.75) is 18.1 Å². The number of para-hydroxylation sites is 1. The molecule has 0 radical (unpaired) electrons. The topological polar surface area (TPSA) is 55.5 Å². The molecule has 0 amide bonds. The number of fused-ring (bicyclic) bond motifs is 1. The van der Waals surface area contributed by atoms with Gasteiger partial charge in [0.15, 0.2) is 6.10 Å². The summed E-state index contributed by atoms with van der Waals surface area (Å²) in [5.74, 6) is 0.558. The van der Waals surface area contributed by atoms with Crippen LogP contribution in [0.5, 0.6) is 5.75 Å². The molecule has 0 aliphatic heterocycles. The Kier molecular flexibility index (Phi) is 3.42. The van der Waals surface area contributed by atoms with E-state index in [2.05, 4.69) is 0 Å². The monoisotopic (exact) mass is 289 g/mol. The van der Waals surface area contributed by atoms with Crippen LogP contribution in [0.2, 0.25) is 5.02 Å². The van der Waals surface area contributed by atoms with Crippen molar-refractivity contribution in [2.75, 3.05) is 6.54 Å². The first-order valence-electron chi connectivity index (χ1n) is 6.55. The van der Waals surface area contributed by atoms with Gasteiger partial charge in [-0.2, -0.15) is 0 Å². The predicted molar refractivity (Wildman–Crippen MR) is 79.0 cm³/mol. The summed E-state index contributed by atoms with van der Waals surface area (Å²) in [5.41, 5.74) is 6.71. The molecule has 104 valence electrons. The summed E-state index contributed by atoms with van der Waals surface area (Å²) >= 11 is 6.13. The molecule has 2 aromatic rings. The van der Waals surface area contributed by atoms with Gasteiger partial charge in [-0.15, -0.1) is 0 Å². The molecule has 2 atom stereocenters. The van der Waals surface area contributed by atoms with Crippen LogP contribution >= 0.6 is 11.6 Å². The molecule has 2 unspecified atom stereocenters. The Hall–Kier alpha value is -1.55. The van der Waals surface area contributed by atoms with Crippen molar-refractivity contribution in [2.24, 2.45) is 5.73 Å². The first-order chi connectivity index (χ1) is 9.64. The Morgan fingerprint density at radius 2 is 1.90 bits per heavy atom. The quantitative estimate of drug-likeness (QED) is 0.913. The lowest BCUT2D eigenvalue weighted by Crippen LogP contribution is -2.44. The Balaban J connectivity index is 2.00. The van der Waals surface area contributed by atoms with E-state index < -0.39 is 11.7 Å². The van der Waals surface area contributed by atoms with Crippen molar-refractivity contribution in [3.63, 3.8) is 0 Å². The van der Waals surface area contributed by atoms with Gasteiger partial charge < -0.3 is 15.6 Å². The SMILES string of the molecule is NCC1(O)Cc2ccccc2C1Oc1ccccc1Cl. The van der Waals surface area contributed by atoms with E-state index in [9.17, 15) is 5.11 Å². The first kappa shape index (κ1) is 13.4. The van der Waals surface area contributed by atoms with Crippen molar-refractivity contribution in [3.05, 3.63) is 64.7 Å². The van der Waals surface area contributed by atoms with Gasteiger partial charge in [-0.25, -0.2) is 0 Å². The Bertz CT molecular complexity index is 631. The minimum atomic E-state index is -1.09. The second kappa shape index (κ2) is 5.09. The maximum atomic E-state index is 10.7. The van der Waals surface area contributed by atoms with Crippen molar-refractivity contribution < 1.29 is 9.84 Å². The third kappa shape index (κ3) is 2.18. The van der Waals surface area contributed by atoms with Gasteiger partial charge in [0, 0.05) is 13.0 Å². The van der Waals surface area contributed by atoms with Gasteiger partial charge in [-0.3, -0.25) is 0 Å². The van der Waals surface area contributed by atoms with Gasteiger partial charge in [0.25, 0.3) is 0 Å². The van der Waals surface area contributed by atoms with Crippen molar-refractivity contribution in [1.82, 2.24) is 0 Å². The molecule has 0 heterocycles. The van der Waals surface area contributed by atoms with Crippen molar-refractivity contribution >= 4 is 11.6 Å². The number of hydrogen-bond acceptors (Lipinski definition) is 3. The summed E-state index contributed by atoms with van der Waals surface area (Å²) in [5, 5.41) is 11.3. The lowest BCUT2D eigenvalue weighted by Gasteiger charge is -2.29. The molecule has 0 spiro atoms. The van der Waals surface area contributed by atoms with Crippen LogP contribution in [-0.4, -0.2) is 17.3 Å². The molecule has 0 fully saturated rings. The summed E-state index contributed by atoms with van der Waals surface area (Å²) in [6, 6.07) is 15.1. The molecule has 0 saturated heterocycles. The molecule has 2 aromatic carbocycles. The van der Waals surface area contributed by atoms with Crippen molar-refractivity contribution in [3.8, 4) is 5.75 Å². The van der Waals surface area contributed by atoms with E-state index in [4.69, 9.17) is 22.1 Å². The van der Waals surface area contributed by atoms with Crippen LogP contribution in [0.4, 0.5) is 0 Å². The maximum absolute atomic E-state index is 10.7. The van der Waals surface area contributed by atoms with Gasteiger partial charge in [0.05, 0.1) is 5.02 Å². The Labute approximate surface area is 122 Å². The largest absolute Gasteiger partial charge is 0.481 e. The van der Waals surface area contributed by atoms with Crippen LogP contribution in [0, 0.1) is 0 Å². The lowest BCUT2D eigenvalue weighted by atomic mass is 9.97. The van der Waals surface area contributed by atoms with Gasteiger partial charge >= 0.3 is 0 Å². The van der Waals surface area contributed by atoms with Gasteiger partial charge in [-0.1, -0.05) is 48.0 Å². The van der Waals surface area contributed by atoms with E-state index in [1.165, 1.54) is 0 Å². The average Bonchev–Trinajstić information content (AvgIpc) is 2.75. The second-order valence-electron chi connectivity index (χ2n) is 5.11. The molecule has 3 nitrogen and oxygen atoms in total. The third-order valence-corrected chi connectivity index (χ3v) is 4.07. The third-order valence-electron chi connectivity index (χ3n) is 3.76. The molecular formula is C16H16ClNO2. The molecule has 0 saturated carbocycles. The normalized spacial score (nSPS) is 24.4. The van der Waals surface area contributed by atoms with Gasteiger partial charge in [0.1, 0.15) is 11.4 Å². The number of rotatable bonds is 3. The fourth-order valence-corrected chi connectivity index (χ4v) is 2.86. The highest BCUT2D eigenvalue weighted by atomic mass is 35.5. The van der Waals surface area contributed by atoms with Crippen LogP contribution in [0.3, 0.4) is 0 Å². The molecule has 3 N–H and O–H groups in total. The Morgan fingerprint density at radius 3 is 2.65 bits per heavy atom. The van der Waals surface area contributed by atoms with E-state index in [1.54, 1.807) is 12.1 Å². The van der Waals surface area contributed by atoms with E-state index in [-0.39, 0.29) is 6.54 Å². The molecule has 3 rings (SSSR count). The number of nitrogens with two attached hydrogens (primary N) is 1. The van der Waals surface area contributed by atoms with E-state index >= 15 is 0 Å². The zero-order chi connectivity index (χ0) is 14.2. The average molecular weight is 290 g/mol. The number of halogens is 1. The zero-order valence-electron chi connectivity index (χ0n) is 10.9. The van der Waals surface area contributed by atoms with E-state index in [0.717, 1.165) is 11.1 Å². The summed E-state index contributed by atoms with van der Waals surface area (Å²) in [6.45, 7) is 0.136. The smallest absolute Gasteiger partial charge is 0.154 e. The molecule has 1 aliphatic carbocycles. The maximum Gasteiger partial charge on any atom is 0.154 e. The molecule has 0 aromatic heterocycles. The zero-order valence-corrected chi connectivity index (χ0v) is 11.7. The number of aliphatic hydroxyl groups is 1. The predicted octanol–water partition coefficient (Wildman–Crippen LogP) is 2.71. The molecule has 20 heavy (non-hydrogen) atoms. The molecule has 0 bridgehead atoms. The van der Waals surface area contributed by atoms with Crippen LogP contribution in [-0.2, 0) is 6.42 Å². The summed E-state index contributed by atoms with van der Waals surface area (Å²) < 4.78 is 5.98. The van der Waals surface area contributed by atoms with Crippen LogP contribution < -0.4 is 10.5 Å². The summed E-state index contributed by atoms with van der Waals surface area (Å²) in [7, 11) is 0. The minimum Gasteiger partial charge on any atom is -0.481 e. The standard InChI is InChI=1S/C16H16ClNO2/c17-13-7-3-4-8-14(13)20-15-12-6-2-1-5-11(12)9-16(15,19)10-18/h1-8,15,19H,9-10,18H2. The molecule has 4 heteroatoms. The van der Waals surface area contributed by atoms with Crippen LogP contribution in [0.15, 0.2) is 48.5 Å². The number of benzene rings is 2. The van der Waals surface area contributed by atoms with Crippen LogP contribution in [0.25, 0.3) is 0 Å². The minimum absolute atomic E-state index is 0.136. The van der Waals surface area contributed by atoms with E-state index in [0.29, 0.717) is 17.2 Å². The first-order valence-corrected chi connectivity index (χ1v) is 6.93. The number of ether oxygens (including phenoxy) is 1. The van der Waals surface area contributed by atoms with Gasteiger partial charge in [0.2, 0.25) is 0 Å². The highest BCUT2D eigenvalue weighted by molar-refractivity contribution is 6.32. The summed E-state index contributed by atoms with van der Waals surface area (Å²) in [4.78, 5) is 0. The van der Waals surface area contributed by atoms with E-state index in [1.807, 2.05) is 36.4 Å². The highest BCUT2D eigenvalue weighted by Gasteiger charge is 2.45. The van der Waals surface area contributed by atoms with Gasteiger partial charge in [-0.05, 0) is 23.3 Å².